The summed E-state index contributed by atoms with van der Waals surface area (Å²) in [6.45, 7) is 0.245. The van der Waals surface area contributed by atoms with Crippen LogP contribution in [0.5, 0.6) is 0 Å². The molecule has 0 bridgehead atoms. The molecular formula is C21H15ClN2O3. The summed E-state index contributed by atoms with van der Waals surface area (Å²) >= 11 is 6.03. The van der Waals surface area contributed by atoms with Gasteiger partial charge in [-0.25, -0.2) is 9.78 Å². The van der Waals surface area contributed by atoms with E-state index < -0.39 is 5.63 Å². The van der Waals surface area contributed by atoms with Crippen LogP contribution in [0, 0.1) is 0 Å². The Kier molecular flexibility index (Phi) is 3.65. The molecule has 2 aromatic carbocycles. The van der Waals surface area contributed by atoms with Crippen molar-refractivity contribution >= 4 is 33.5 Å². The molecule has 134 valence electrons. The van der Waals surface area contributed by atoms with Gasteiger partial charge in [-0.2, -0.15) is 0 Å². The first-order chi connectivity index (χ1) is 13.1. The van der Waals surface area contributed by atoms with Crippen molar-refractivity contribution < 1.29 is 4.42 Å². The number of rotatable bonds is 2. The minimum absolute atomic E-state index is 0.190. The van der Waals surface area contributed by atoms with E-state index in [0.717, 1.165) is 30.2 Å². The fourth-order valence-electron chi connectivity index (χ4n) is 3.85. The number of fused-ring (bicyclic) bond motifs is 3. The van der Waals surface area contributed by atoms with E-state index in [-0.39, 0.29) is 12.1 Å². The van der Waals surface area contributed by atoms with E-state index in [9.17, 15) is 9.59 Å². The number of aryl methyl sites for hydroxylation is 2. The second kappa shape index (κ2) is 6.06. The van der Waals surface area contributed by atoms with Gasteiger partial charge >= 0.3 is 5.63 Å². The molecule has 0 N–H and O–H groups in total. The van der Waals surface area contributed by atoms with Crippen LogP contribution in [-0.4, -0.2) is 9.55 Å². The zero-order valence-corrected chi connectivity index (χ0v) is 15.1. The molecule has 5 nitrogen and oxygen atoms in total. The third-order valence-corrected chi connectivity index (χ3v) is 5.40. The number of benzene rings is 2. The van der Waals surface area contributed by atoms with Crippen molar-refractivity contribution in [2.24, 2.45) is 0 Å². The lowest BCUT2D eigenvalue weighted by Gasteiger charge is -2.10. The van der Waals surface area contributed by atoms with Crippen molar-refractivity contribution in [3.05, 3.63) is 85.2 Å². The van der Waals surface area contributed by atoms with Gasteiger partial charge in [0.1, 0.15) is 5.58 Å². The summed E-state index contributed by atoms with van der Waals surface area (Å²) in [4.78, 5) is 29.2. The van der Waals surface area contributed by atoms with Gasteiger partial charge in [0.05, 0.1) is 23.8 Å². The molecule has 1 aliphatic rings. The maximum Gasteiger partial charge on any atom is 0.336 e. The maximum atomic E-state index is 12.9. The van der Waals surface area contributed by atoms with Gasteiger partial charge in [0.25, 0.3) is 5.56 Å². The van der Waals surface area contributed by atoms with Crippen molar-refractivity contribution in [3.8, 4) is 0 Å². The number of hydrogen-bond acceptors (Lipinski definition) is 4. The summed E-state index contributed by atoms with van der Waals surface area (Å²) in [5.41, 5.74) is 3.83. The molecule has 0 fully saturated rings. The minimum atomic E-state index is -0.416. The Bertz CT molecular complexity index is 1340. The number of hydrogen-bond donors (Lipinski definition) is 0. The van der Waals surface area contributed by atoms with Crippen LogP contribution < -0.4 is 11.2 Å². The Morgan fingerprint density at radius 2 is 1.85 bits per heavy atom. The Labute approximate surface area is 158 Å². The zero-order chi connectivity index (χ0) is 18.5. The van der Waals surface area contributed by atoms with E-state index >= 15 is 0 Å². The van der Waals surface area contributed by atoms with Crippen LogP contribution in [0.25, 0.3) is 21.9 Å². The normalized spacial score (nSPS) is 13.4. The molecule has 0 amide bonds. The van der Waals surface area contributed by atoms with Crippen molar-refractivity contribution in [1.82, 2.24) is 9.55 Å². The second-order valence-corrected chi connectivity index (χ2v) is 7.34. The van der Waals surface area contributed by atoms with Gasteiger partial charge in [0, 0.05) is 16.5 Å². The van der Waals surface area contributed by atoms with Gasteiger partial charge in [-0.1, -0.05) is 11.6 Å². The minimum Gasteiger partial charge on any atom is -0.423 e. The zero-order valence-electron chi connectivity index (χ0n) is 14.4. The van der Waals surface area contributed by atoms with Crippen LogP contribution in [0.15, 0.2) is 56.7 Å². The molecule has 5 rings (SSSR count). The Morgan fingerprint density at radius 3 is 2.70 bits per heavy atom. The number of aromatic nitrogens is 2. The van der Waals surface area contributed by atoms with Crippen molar-refractivity contribution in [3.63, 3.8) is 0 Å². The summed E-state index contributed by atoms with van der Waals surface area (Å²) in [5.74, 6) is 0. The van der Waals surface area contributed by atoms with Gasteiger partial charge in [-0.05, 0) is 66.3 Å². The first-order valence-corrected chi connectivity index (χ1v) is 9.19. The lowest BCUT2D eigenvalue weighted by Crippen LogP contribution is -2.21. The SMILES string of the molecule is O=c1cc(Cn2cnc3ccc(Cl)cc3c2=O)c2cc3c(cc2o1)CCC3. The quantitative estimate of drug-likeness (QED) is 0.499. The van der Waals surface area contributed by atoms with Gasteiger partial charge in [-0.15, -0.1) is 0 Å². The molecule has 0 atom stereocenters. The standard InChI is InChI=1S/C21H15ClN2O3/c22-15-4-5-18-17(9-15)21(26)24(11-23-18)10-14-8-20(25)27-19-7-13-3-1-2-12(13)6-16(14)19/h4-9,11H,1-3,10H2. The largest absolute Gasteiger partial charge is 0.423 e. The Morgan fingerprint density at radius 1 is 1.04 bits per heavy atom. The smallest absolute Gasteiger partial charge is 0.336 e. The third-order valence-electron chi connectivity index (χ3n) is 5.17. The summed E-state index contributed by atoms with van der Waals surface area (Å²) in [7, 11) is 0. The first kappa shape index (κ1) is 16.3. The monoisotopic (exact) mass is 378 g/mol. The van der Waals surface area contributed by atoms with Crippen LogP contribution in [0.3, 0.4) is 0 Å². The van der Waals surface area contributed by atoms with E-state index in [4.69, 9.17) is 16.0 Å². The van der Waals surface area contributed by atoms with Gasteiger partial charge < -0.3 is 4.42 Å². The number of halogens is 1. The van der Waals surface area contributed by atoms with Crippen LogP contribution in [0.4, 0.5) is 0 Å². The molecule has 4 aromatic rings. The van der Waals surface area contributed by atoms with Crippen LogP contribution in [-0.2, 0) is 19.4 Å². The van der Waals surface area contributed by atoms with Crippen molar-refractivity contribution in [2.45, 2.75) is 25.8 Å². The molecule has 0 saturated carbocycles. The fourth-order valence-corrected chi connectivity index (χ4v) is 4.02. The highest BCUT2D eigenvalue weighted by Gasteiger charge is 2.16. The predicted molar refractivity (Wildman–Crippen MR) is 105 cm³/mol. The highest BCUT2D eigenvalue weighted by atomic mass is 35.5. The fraction of sp³-hybridized carbons (Fsp3) is 0.190. The second-order valence-electron chi connectivity index (χ2n) is 6.90. The van der Waals surface area contributed by atoms with Crippen LogP contribution in [0.2, 0.25) is 5.02 Å². The van der Waals surface area contributed by atoms with E-state index in [1.165, 1.54) is 28.1 Å². The highest BCUT2D eigenvalue weighted by Crippen LogP contribution is 2.28. The molecule has 27 heavy (non-hydrogen) atoms. The van der Waals surface area contributed by atoms with Crippen molar-refractivity contribution in [2.75, 3.05) is 0 Å². The van der Waals surface area contributed by atoms with E-state index in [2.05, 4.69) is 11.1 Å². The molecule has 0 aliphatic heterocycles. The molecule has 2 heterocycles. The van der Waals surface area contributed by atoms with Crippen LogP contribution >= 0.6 is 11.6 Å². The Balaban J connectivity index is 1.69. The molecule has 0 spiro atoms. The van der Waals surface area contributed by atoms with E-state index in [1.54, 1.807) is 18.2 Å². The molecule has 0 radical (unpaired) electrons. The molecule has 0 unspecified atom stereocenters. The maximum absolute atomic E-state index is 12.9. The lowest BCUT2D eigenvalue weighted by atomic mass is 10.0. The first-order valence-electron chi connectivity index (χ1n) is 8.82. The van der Waals surface area contributed by atoms with Gasteiger partial charge in [-0.3, -0.25) is 9.36 Å². The van der Waals surface area contributed by atoms with E-state index in [1.807, 2.05) is 6.07 Å². The third kappa shape index (κ3) is 2.75. The molecule has 2 aromatic heterocycles. The topological polar surface area (TPSA) is 65.1 Å². The molecule has 6 heteroatoms. The van der Waals surface area contributed by atoms with Gasteiger partial charge in [0.2, 0.25) is 0 Å². The average Bonchev–Trinajstić information content (AvgIpc) is 3.10. The summed E-state index contributed by atoms with van der Waals surface area (Å²) in [6.07, 6.45) is 4.65. The Hall–Kier alpha value is -2.92. The van der Waals surface area contributed by atoms with Crippen LogP contribution in [0.1, 0.15) is 23.1 Å². The summed E-state index contributed by atoms with van der Waals surface area (Å²) < 4.78 is 6.91. The van der Waals surface area contributed by atoms with Crippen molar-refractivity contribution in [1.29, 1.82) is 0 Å². The highest BCUT2D eigenvalue weighted by molar-refractivity contribution is 6.31. The lowest BCUT2D eigenvalue weighted by molar-refractivity contribution is 0.557. The molecule has 1 aliphatic carbocycles. The average molecular weight is 379 g/mol. The summed E-state index contributed by atoms with van der Waals surface area (Å²) in [5, 5.41) is 1.81. The van der Waals surface area contributed by atoms with E-state index in [0.29, 0.717) is 21.5 Å². The molecular weight excluding hydrogens is 364 g/mol. The predicted octanol–water partition coefficient (Wildman–Crippen LogP) is 3.69. The number of nitrogens with zero attached hydrogens (tertiary/aromatic N) is 2. The summed E-state index contributed by atoms with van der Waals surface area (Å²) in [6, 6.07) is 10.6. The van der Waals surface area contributed by atoms with Gasteiger partial charge in [0.15, 0.2) is 0 Å². The molecule has 0 saturated heterocycles.